The van der Waals surface area contributed by atoms with Gasteiger partial charge in [-0.05, 0) is 35.2 Å². The van der Waals surface area contributed by atoms with E-state index in [0.717, 1.165) is 5.56 Å². The van der Waals surface area contributed by atoms with Gasteiger partial charge in [-0.25, -0.2) is 4.39 Å². The van der Waals surface area contributed by atoms with E-state index >= 15 is 0 Å². The molecular weight excluding hydrogens is 445 g/mol. The lowest BCUT2D eigenvalue weighted by atomic mass is 9.86. The summed E-state index contributed by atoms with van der Waals surface area (Å²) in [5, 5.41) is 3.14. The highest BCUT2D eigenvalue weighted by molar-refractivity contribution is 7.99. The van der Waals surface area contributed by atoms with Crippen molar-refractivity contribution in [3.8, 4) is 0 Å². The molecule has 0 fully saturated rings. The lowest BCUT2D eigenvalue weighted by Crippen LogP contribution is -2.15. The highest BCUT2D eigenvalue weighted by atomic mass is 35.5. The van der Waals surface area contributed by atoms with E-state index < -0.39 is 0 Å². The van der Waals surface area contributed by atoms with Crippen LogP contribution in [0.15, 0.2) is 66.7 Å². The Morgan fingerprint density at radius 3 is 2.31 bits per heavy atom. The number of halogens is 2. The van der Waals surface area contributed by atoms with Gasteiger partial charge >= 0.3 is 0 Å². The fraction of sp³-hybridized carbons (Fsp3) is 0.231. The van der Waals surface area contributed by atoms with Crippen molar-refractivity contribution in [1.82, 2.24) is 0 Å². The van der Waals surface area contributed by atoms with Crippen molar-refractivity contribution in [2.45, 2.75) is 31.9 Å². The van der Waals surface area contributed by atoms with Gasteiger partial charge in [0.25, 0.3) is 0 Å². The molecule has 0 bridgehead atoms. The number of carbonyl (C=O) groups excluding carboxylic acids is 2. The average Bonchev–Trinajstić information content (AvgIpc) is 2.75. The number of hydrogen-bond donors (Lipinski definition) is 1. The summed E-state index contributed by atoms with van der Waals surface area (Å²) in [6, 6.07) is 19.0. The van der Waals surface area contributed by atoms with Gasteiger partial charge in [0.15, 0.2) is 5.78 Å². The van der Waals surface area contributed by atoms with E-state index in [1.807, 2.05) is 24.3 Å². The van der Waals surface area contributed by atoms with E-state index in [1.54, 1.807) is 36.4 Å². The zero-order valence-electron chi connectivity index (χ0n) is 18.2. The van der Waals surface area contributed by atoms with Gasteiger partial charge in [0, 0.05) is 33.2 Å². The topological polar surface area (TPSA) is 46.2 Å². The highest BCUT2D eigenvalue weighted by Crippen LogP contribution is 2.25. The number of ketones is 1. The predicted octanol–water partition coefficient (Wildman–Crippen LogP) is 6.88. The molecule has 3 rings (SSSR count). The van der Waals surface area contributed by atoms with E-state index in [-0.39, 0.29) is 28.7 Å². The second-order valence-corrected chi connectivity index (χ2v) is 9.87. The lowest BCUT2D eigenvalue weighted by molar-refractivity contribution is -0.113. The van der Waals surface area contributed by atoms with Gasteiger partial charge in [-0.2, -0.15) is 0 Å². The van der Waals surface area contributed by atoms with Crippen molar-refractivity contribution in [1.29, 1.82) is 0 Å². The Bertz CT molecular complexity index is 1100. The largest absolute Gasteiger partial charge is 0.325 e. The van der Waals surface area contributed by atoms with Crippen LogP contribution in [0.5, 0.6) is 0 Å². The Labute approximate surface area is 197 Å². The first-order valence-electron chi connectivity index (χ1n) is 10.2. The quantitative estimate of drug-likeness (QED) is 0.383. The predicted molar refractivity (Wildman–Crippen MR) is 131 cm³/mol. The highest BCUT2D eigenvalue weighted by Gasteiger charge is 2.16. The molecule has 0 radical (unpaired) electrons. The molecular formula is C26H25ClFNO2S. The molecule has 1 N–H and O–H groups in total. The molecule has 0 saturated heterocycles. The summed E-state index contributed by atoms with van der Waals surface area (Å²) in [7, 11) is 0. The molecule has 32 heavy (non-hydrogen) atoms. The SMILES string of the molecule is CC(C)(C)c1ccc(C(=O)c2cccc(NC(=O)CSCc3c(F)cccc3Cl)c2)cc1. The van der Waals surface area contributed by atoms with Crippen LogP contribution in [0.4, 0.5) is 10.1 Å². The maximum atomic E-state index is 13.8. The number of thioether (sulfide) groups is 1. The lowest BCUT2D eigenvalue weighted by Gasteiger charge is -2.19. The first kappa shape index (κ1) is 24.0. The molecule has 0 aliphatic carbocycles. The van der Waals surface area contributed by atoms with Gasteiger partial charge in [0.1, 0.15) is 5.82 Å². The number of hydrogen-bond acceptors (Lipinski definition) is 3. The van der Waals surface area contributed by atoms with E-state index in [1.165, 1.54) is 17.8 Å². The van der Waals surface area contributed by atoms with Crippen LogP contribution in [-0.2, 0) is 16.0 Å². The van der Waals surface area contributed by atoms with Crippen molar-refractivity contribution < 1.29 is 14.0 Å². The van der Waals surface area contributed by atoms with Crippen molar-refractivity contribution >= 4 is 40.7 Å². The molecule has 0 aliphatic heterocycles. The van der Waals surface area contributed by atoms with E-state index in [9.17, 15) is 14.0 Å². The number of carbonyl (C=O) groups is 2. The van der Waals surface area contributed by atoms with E-state index in [2.05, 4.69) is 26.1 Å². The van der Waals surface area contributed by atoms with Gasteiger partial charge in [0.05, 0.1) is 5.75 Å². The fourth-order valence-electron chi connectivity index (χ4n) is 3.14. The molecule has 0 aliphatic rings. The summed E-state index contributed by atoms with van der Waals surface area (Å²) in [5.41, 5.74) is 3.19. The number of benzene rings is 3. The Morgan fingerprint density at radius 1 is 0.969 bits per heavy atom. The minimum Gasteiger partial charge on any atom is -0.325 e. The van der Waals surface area contributed by atoms with Gasteiger partial charge in [0.2, 0.25) is 5.91 Å². The minimum absolute atomic E-state index is 0.0153. The molecule has 1 amide bonds. The molecule has 166 valence electrons. The maximum absolute atomic E-state index is 13.8. The normalized spacial score (nSPS) is 11.3. The smallest absolute Gasteiger partial charge is 0.234 e. The minimum atomic E-state index is -0.382. The average molecular weight is 470 g/mol. The second-order valence-electron chi connectivity index (χ2n) is 8.48. The van der Waals surface area contributed by atoms with Crippen molar-refractivity contribution in [3.05, 3.63) is 99.8 Å². The second kappa shape index (κ2) is 10.3. The molecule has 0 heterocycles. The number of rotatable bonds is 7. The third kappa shape index (κ3) is 6.21. The zero-order valence-corrected chi connectivity index (χ0v) is 19.8. The number of amides is 1. The molecule has 6 heteroatoms. The van der Waals surface area contributed by atoms with Crippen LogP contribution in [0, 0.1) is 5.82 Å². The molecule has 0 atom stereocenters. The molecule has 3 nitrogen and oxygen atoms in total. The van der Waals surface area contributed by atoms with Gasteiger partial charge in [-0.3, -0.25) is 9.59 Å². The van der Waals surface area contributed by atoms with Crippen LogP contribution >= 0.6 is 23.4 Å². The third-order valence-electron chi connectivity index (χ3n) is 4.96. The summed E-state index contributed by atoms with van der Waals surface area (Å²) in [6.45, 7) is 6.37. The summed E-state index contributed by atoms with van der Waals surface area (Å²) in [5.74, 6) is -0.294. The van der Waals surface area contributed by atoms with Crippen molar-refractivity contribution in [3.63, 3.8) is 0 Å². The number of nitrogens with one attached hydrogen (secondary N) is 1. The molecule has 0 unspecified atom stereocenters. The first-order chi connectivity index (χ1) is 15.1. The zero-order chi connectivity index (χ0) is 23.3. The Balaban J connectivity index is 1.60. The molecule has 3 aromatic carbocycles. The summed E-state index contributed by atoms with van der Waals surface area (Å²) in [4.78, 5) is 25.2. The standard InChI is InChI=1S/C26H25ClFNO2S/c1-26(2,3)19-12-10-17(11-13-19)25(31)18-6-4-7-20(14-18)29-24(30)16-32-15-21-22(27)8-5-9-23(21)28/h4-14H,15-16H2,1-3H3,(H,29,30). The van der Waals surface area contributed by atoms with Gasteiger partial charge < -0.3 is 5.32 Å². The summed E-state index contributed by atoms with van der Waals surface area (Å²) in [6.07, 6.45) is 0. The van der Waals surface area contributed by atoms with Crippen LogP contribution in [0.2, 0.25) is 5.02 Å². The summed E-state index contributed by atoms with van der Waals surface area (Å²) >= 11 is 7.29. The Morgan fingerprint density at radius 2 is 1.66 bits per heavy atom. The monoisotopic (exact) mass is 469 g/mol. The Hall–Kier alpha value is -2.63. The number of anilines is 1. The van der Waals surface area contributed by atoms with E-state index in [4.69, 9.17) is 11.6 Å². The van der Waals surface area contributed by atoms with Gasteiger partial charge in [-0.1, -0.05) is 74.8 Å². The van der Waals surface area contributed by atoms with Crippen LogP contribution in [-0.4, -0.2) is 17.4 Å². The molecule has 0 spiro atoms. The van der Waals surface area contributed by atoms with Crippen LogP contribution in [0.1, 0.15) is 47.8 Å². The first-order valence-corrected chi connectivity index (χ1v) is 11.7. The van der Waals surface area contributed by atoms with Crippen molar-refractivity contribution in [2.24, 2.45) is 0 Å². The molecule has 0 saturated carbocycles. The summed E-state index contributed by atoms with van der Waals surface area (Å²) < 4.78 is 13.8. The molecule has 0 aromatic heterocycles. The fourth-order valence-corrected chi connectivity index (χ4v) is 4.31. The molecule has 3 aromatic rings. The van der Waals surface area contributed by atoms with Crippen molar-refractivity contribution in [2.75, 3.05) is 11.1 Å². The Kier molecular flexibility index (Phi) is 7.75. The van der Waals surface area contributed by atoms with E-state index in [0.29, 0.717) is 33.2 Å². The maximum Gasteiger partial charge on any atom is 0.234 e. The van der Waals surface area contributed by atoms with Gasteiger partial charge in [-0.15, -0.1) is 11.8 Å². The van der Waals surface area contributed by atoms with Crippen LogP contribution in [0.3, 0.4) is 0 Å². The van der Waals surface area contributed by atoms with Crippen LogP contribution in [0.25, 0.3) is 0 Å². The van der Waals surface area contributed by atoms with Crippen LogP contribution < -0.4 is 5.32 Å². The third-order valence-corrected chi connectivity index (χ3v) is 6.28.